The molecule has 4 aromatic carbocycles. The maximum atomic E-state index is 14.5. The average molecular weight is 642 g/mol. The zero-order chi connectivity index (χ0) is 33.3. The van der Waals surface area contributed by atoms with Gasteiger partial charge in [0.05, 0.1) is 17.2 Å². The number of anilines is 1. The summed E-state index contributed by atoms with van der Waals surface area (Å²) >= 11 is 0. The van der Waals surface area contributed by atoms with Crippen LogP contribution in [-0.4, -0.2) is 49.9 Å². The Kier molecular flexibility index (Phi) is 11.2. The van der Waals surface area contributed by atoms with Crippen LogP contribution in [0.4, 0.5) is 5.69 Å². The quantitative estimate of drug-likeness (QED) is 0.189. The highest BCUT2D eigenvalue weighted by molar-refractivity contribution is 7.92. The lowest BCUT2D eigenvalue weighted by atomic mass is 10.0. The SMILES string of the molecule is CCOc1ccc(S(=O)(=O)N(CC(=O)N(Cc2ccc(C)cc2)[C@@H](Cc2ccccc2)C(=O)NC(C)(C)C)c2ccccc2)cc1. The van der Waals surface area contributed by atoms with Crippen molar-refractivity contribution >= 4 is 27.5 Å². The molecule has 2 amide bonds. The van der Waals surface area contributed by atoms with E-state index in [4.69, 9.17) is 4.74 Å². The van der Waals surface area contributed by atoms with E-state index in [9.17, 15) is 18.0 Å². The standard InChI is InChI=1S/C37H43N3O5S/c1-6-45-32-21-23-33(24-22-32)46(43,44)40(31-15-11-8-12-16-31)27-35(41)39(26-30-19-17-28(2)18-20-30)34(36(42)38-37(3,4)5)25-29-13-9-7-10-14-29/h7-24,34H,6,25-27H2,1-5H3,(H,38,42)/t34-/m0/s1. The zero-order valence-corrected chi connectivity index (χ0v) is 28.0. The number of nitrogens with zero attached hydrogens (tertiary/aromatic N) is 2. The second-order valence-corrected chi connectivity index (χ2v) is 14.1. The summed E-state index contributed by atoms with van der Waals surface area (Å²) in [5.74, 6) is -0.289. The van der Waals surface area contributed by atoms with Crippen LogP contribution < -0.4 is 14.4 Å². The van der Waals surface area contributed by atoms with Gasteiger partial charge >= 0.3 is 0 Å². The molecule has 0 unspecified atom stereocenters. The van der Waals surface area contributed by atoms with Gasteiger partial charge in [-0.2, -0.15) is 0 Å². The average Bonchev–Trinajstić information content (AvgIpc) is 3.03. The van der Waals surface area contributed by atoms with Crippen LogP contribution in [-0.2, 0) is 32.6 Å². The van der Waals surface area contributed by atoms with Gasteiger partial charge < -0.3 is 15.0 Å². The van der Waals surface area contributed by atoms with Crippen molar-refractivity contribution in [2.75, 3.05) is 17.5 Å². The van der Waals surface area contributed by atoms with Crippen LogP contribution in [0.15, 0.2) is 114 Å². The summed E-state index contributed by atoms with van der Waals surface area (Å²) in [6.07, 6.45) is 0.247. The molecule has 8 nitrogen and oxygen atoms in total. The molecule has 0 aliphatic heterocycles. The first kappa shape index (κ1) is 34.2. The molecule has 0 bridgehead atoms. The van der Waals surface area contributed by atoms with Gasteiger partial charge in [-0.1, -0.05) is 78.4 Å². The van der Waals surface area contributed by atoms with Crippen molar-refractivity contribution in [3.63, 3.8) is 0 Å². The van der Waals surface area contributed by atoms with Crippen LogP contribution in [0.25, 0.3) is 0 Å². The van der Waals surface area contributed by atoms with Gasteiger partial charge in [0.25, 0.3) is 10.0 Å². The molecule has 0 saturated heterocycles. The van der Waals surface area contributed by atoms with E-state index in [0.717, 1.165) is 21.0 Å². The number of carbonyl (C=O) groups is 2. The number of amides is 2. The Morgan fingerprint density at radius 2 is 1.39 bits per heavy atom. The van der Waals surface area contributed by atoms with Gasteiger partial charge in [-0.25, -0.2) is 8.42 Å². The zero-order valence-electron chi connectivity index (χ0n) is 27.1. The topological polar surface area (TPSA) is 96.0 Å². The van der Waals surface area contributed by atoms with Crippen LogP contribution in [0, 0.1) is 6.92 Å². The lowest BCUT2D eigenvalue weighted by Gasteiger charge is -2.35. The van der Waals surface area contributed by atoms with E-state index >= 15 is 0 Å². The molecule has 0 fully saturated rings. The van der Waals surface area contributed by atoms with Crippen molar-refractivity contribution < 1.29 is 22.7 Å². The van der Waals surface area contributed by atoms with E-state index < -0.39 is 34.1 Å². The van der Waals surface area contributed by atoms with E-state index in [1.54, 1.807) is 42.5 Å². The number of aryl methyl sites for hydroxylation is 1. The summed E-state index contributed by atoms with van der Waals surface area (Å²) in [6.45, 7) is 9.53. The third-order valence-corrected chi connectivity index (χ3v) is 9.08. The minimum atomic E-state index is -4.20. The number of benzene rings is 4. The molecular formula is C37H43N3O5S. The van der Waals surface area contributed by atoms with Gasteiger partial charge in [0, 0.05) is 18.5 Å². The van der Waals surface area contributed by atoms with Crippen molar-refractivity contribution in [1.29, 1.82) is 0 Å². The molecule has 0 saturated carbocycles. The number of rotatable bonds is 13. The van der Waals surface area contributed by atoms with Crippen molar-refractivity contribution in [2.24, 2.45) is 0 Å². The summed E-state index contributed by atoms with van der Waals surface area (Å²) in [5.41, 5.74) is 2.53. The minimum absolute atomic E-state index is 0.0176. The van der Waals surface area contributed by atoms with Gasteiger partial charge in [-0.3, -0.25) is 13.9 Å². The third kappa shape index (κ3) is 9.20. The first-order valence-electron chi connectivity index (χ1n) is 15.4. The predicted molar refractivity (Wildman–Crippen MR) is 182 cm³/mol. The van der Waals surface area contributed by atoms with Crippen molar-refractivity contribution in [3.05, 3.63) is 126 Å². The Morgan fingerprint density at radius 1 is 0.804 bits per heavy atom. The Balaban J connectivity index is 1.78. The van der Waals surface area contributed by atoms with Gasteiger partial charge in [-0.15, -0.1) is 0 Å². The highest BCUT2D eigenvalue weighted by Gasteiger charge is 2.35. The second-order valence-electron chi connectivity index (χ2n) is 12.2. The second kappa shape index (κ2) is 15.1. The Labute approximate surface area is 273 Å². The molecule has 4 rings (SSSR count). The normalized spacial score (nSPS) is 12.2. The molecule has 1 atom stereocenters. The van der Waals surface area contributed by atoms with Gasteiger partial charge in [0.15, 0.2) is 0 Å². The van der Waals surface area contributed by atoms with E-state index in [2.05, 4.69) is 5.32 Å². The number of hydrogen-bond acceptors (Lipinski definition) is 5. The van der Waals surface area contributed by atoms with Crippen molar-refractivity contribution in [3.8, 4) is 5.75 Å². The molecule has 0 aliphatic rings. The molecular weight excluding hydrogens is 598 g/mol. The van der Waals surface area contributed by atoms with Crippen LogP contribution >= 0.6 is 0 Å². The number of nitrogens with one attached hydrogen (secondary N) is 1. The molecule has 9 heteroatoms. The highest BCUT2D eigenvalue weighted by atomic mass is 32.2. The molecule has 0 aromatic heterocycles. The lowest BCUT2D eigenvalue weighted by molar-refractivity contribution is -0.140. The Morgan fingerprint density at radius 3 is 1.96 bits per heavy atom. The van der Waals surface area contributed by atoms with Crippen LogP contribution in [0.2, 0.25) is 0 Å². The smallest absolute Gasteiger partial charge is 0.264 e. The number of carbonyl (C=O) groups excluding carboxylic acids is 2. The molecule has 46 heavy (non-hydrogen) atoms. The molecule has 242 valence electrons. The van der Waals surface area contributed by atoms with Crippen LogP contribution in [0.1, 0.15) is 44.4 Å². The fourth-order valence-electron chi connectivity index (χ4n) is 5.02. The molecule has 0 spiro atoms. The number of sulfonamides is 1. The van der Waals surface area contributed by atoms with Gasteiger partial charge in [-0.05, 0) is 82.1 Å². The first-order chi connectivity index (χ1) is 21.9. The van der Waals surface area contributed by atoms with E-state index in [1.807, 2.05) is 89.2 Å². The molecule has 0 heterocycles. The van der Waals surface area contributed by atoms with Gasteiger partial charge in [0.2, 0.25) is 11.8 Å². The largest absolute Gasteiger partial charge is 0.494 e. The molecule has 0 radical (unpaired) electrons. The Bertz CT molecular complexity index is 1690. The summed E-state index contributed by atoms with van der Waals surface area (Å²) in [5, 5.41) is 3.05. The lowest BCUT2D eigenvalue weighted by Crippen LogP contribution is -2.56. The van der Waals surface area contributed by atoms with E-state index in [0.29, 0.717) is 18.0 Å². The molecule has 0 aliphatic carbocycles. The van der Waals surface area contributed by atoms with Crippen LogP contribution in [0.5, 0.6) is 5.75 Å². The maximum absolute atomic E-state index is 14.5. The van der Waals surface area contributed by atoms with Crippen molar-refractivity contribution in [2.45, 2.75) is 64.1 Å². The summed E-state index contributed by atoms with van der Waals surface area (Å²) in [7, 11) is -4.20. The Hall–Kier alpha value is -4.63. The molecule has 4 aromatic rings. The number of ether oxygens (including phenoxy) is 1. The van der Waals surface area contributed by atoms with E-state index in [-0.39, 0.29) is 23.8 Å². The minimum Gasteiger partial charge on any atom is -0.494 e. The first-order valence-corrected chi connectivity index (χ1v) is 16.8. The monoisotopic (exact) mass is 641 g/mol. The maximum Gasteiger partial charge on any atom is 0.264 e. The van der Waals surface area contributed by atoms with Crippen molar-refractivity contribution in [1.82, 2.24) is 10.2 Å². The highest BCUT2D eigenvalue weighted by Crippen LogP contribution is 2.26. The fraction of sp³-hybridized carbons (Fsp3) is 0.297. The van der Waals surface area contributed by atoms with E-state index in [1.165, 1.54) is 17.0 Å². The summed E-state index contributed by atoms with van der Waals surface area (Å²) in [4.78, 5) is 30.0. The number of hydrogen-bond donors (Lipinski definition) is 1. The third-order valence-electron chi connectivity index (χ3n) is 7.29. The molecule has 1 N–H and O–H groups in total. The number of para-hydroxylation sites is 1. The van der Waals surface area contributed by atoms with Gasteiger partial charge in [0.1, 0.15) is 18.3 Å². The summed E-state index contributed by atoms with van der Waals surface area (Å²) in [6, 6.07) is 31.0. The summed E-state index contributed by atoms with van der Waals surface area (Å²) < 4.78 is 35.0. The van der Waals surface area contributed by atoms with Crippen LogP contribution in [0.3, 0.4) is 0 Å². The fourth-order valence-corrected chi connectivity index (χ4v) is 6.44. The predicted octanol–water partition coefficient (Wildman–Crippen LogP) is 6.14.